The molecule has 1 aromatic heterocycles. The monoisotopic (exact) mass is 370 g/mol. The van der Waals surface area contributed by atoms with Crippen LogP contribution in [0.4, 0.5) is 5.69 Å². The normalized spacial score (nSPS) is 11.5. The Bertz CT molecular complexity index is 765. The van der Waals surface area contributed by atoms with Crippen LogP contribution in [-0.4, -0.2) is 28.2 Å². The SMILES string of the molecule is CCNC(=NCc1cccc(NC(=O)CC(C)C)c1)NCc1ccnn1C. The predicted molar refractivity (Wildman–Crippen MR) is 109 cm³/mol. The van der Waals surface area contributed by atoms with Gasteiger partial charge in [0.05, 0.1) is 18.8 Å². The molecule has 0 unspecified atom stereocenters. The molecular formula is C20H30N6O. The summed E-state index contributed by atoms with van der Waals surface area (Å²) < 4.78 is 1.83. The molecule has 0 aliphatic carbocycles. The lowest BCUT2D eigenvalue weighted by Crippen LogP contribution is -2.37. The molecule has 0 saturated carbocycles. The third-order valence-electron chi connectivity index (χ3n) is 3.93. The number of guanidine groups is 1. The molecule has 0 radical (unpaired) electrons. The van der Waals surface area contributed by atoms with Gasteiger partial charge in [-0.25, -0.2) is 4.99 Å². The van der Waals surface area contributed by atoms with Gasteiger partial charge in [0.15, 0.2) is 5.96 Å². The fourth-order valence-electron chi connectivity index (χ4n) is 2.59. The minimum Gasteiger partial charge on any atom is -0.357 e. The van der Waals surface area contributed by atoms with Gasteiger partial charge in [-0.3, -0.25) is 9.48 Å². The summed E-state index contributed by atoms with van der Waals surface area (Å²) >= 11 is 0. The molecule has 0 fully saturated rings. The molecule has 7 heteroatoms. The second-order valence-electron chi connectivity index (χ2n) is 6.84. The number of carbonyl (C=O) groups is 1. The van der Waals surface area contributed by atoms with Crippen LogP contribution in [0.3, 0.4) is 0 Å². The number of amides is 1. The summed E-state index contributed by atoms with van der Waals surface area (Å²) in [6, 6.07) is 9.78. The molecule has 2 aromatic rings. The second-order valence-corrected chi connectivity index (χ2v) is 6.84. The van der Waals surface area contributed by atoms with Crippen LogP contribution in [-0.2, 0) is 24.9 Å². The predicted octanol–water partition coefficient (Wildman–Crippen LogP) is 2.66. The zero-order valence-electron chi connectivity index (χ0n) is 16.6. The maximum Gasteiger partial charge on any atom is 0.224 e. The Kier molecular flexibility index (Phi) is 7.85. The van der Waals surface area contributed by atoms with Crippen LogP contribution in [0.2, 0.25) is 0 Å². The number of hydrogen-bond donors (Lipinski definition) is 3. The van der Waals surface area contributed by atoms with Gasteiger partial charge >= 0.3 is 0 Å². The molecule has 2 rings (SSSR count). The van der Waals surface area contributed by atoms with Gasteiger partial charge < -0.3 is 16.0 Å². The summed E-state index contributed by atoms with van der Waals surface area (Å²) in [7, 11) is 1.92. The van der Waals surface area contributed by atoms with Crippen LogP contribution >= 0.6 is 0 Å². The summed E-state index contributed by atoms with van der Waals surface area (Å²) in [6.07, 6.45) is 2.30. The standard InChI is InChI=1S/C20H30N6O/c1-5-21-20(23-14-18-9-10-24-26(18)4)22-13-16-7-6-8-17(12-16)25-19(27)11-15(2)3/h6-10,12,15H,5,11,13-14H2,1-4H3,(H,25,27)(H2,21,22,23). The number of aryl methyl sites for hydroxylation is 1. The van der Waals surface area contributed by atoms with Crippen molar-refractivity contribution in [3.8, 4) is 0 Å². The summed E-state index contributed by atoms with van der Waals surface area (Å²) in [4.78, 5) is 16.6. The van der Waals surface area contributed by atoms with Crippen LogP contribution in [0, 0.1) is 5.92 Å². The summed E-state index contributed by atoms with van der Waals surface area (Å²) in [5.41, 5.74) is 2.92. The molecule has 0 atom stereocenters. The summed E-state index contributed by atoms with van der Waals surface area (Å²) in [5.74, 6) is 1.12. The van der Waals surface area contributed by atoms with Crippen LogP contribution in [0.25, 0.3) is 0 Å². The number of nitrogens with zero attached hydrogens (tertiary/aromatic N) is 3. The van der Waals surface area contributed by atoms with Gasteiger partial charge in [-0.15, -0.1) is 0 Å². The van der Waals surface area contributed by atoms with E-state index in [1.54, 1.807) is 6.20 Å². The first kappa shape index (κ1) is 20.5. The lowest BCUT2D eigenvalue weighted by Gasteiger charge is -2.12. The first-order chi connectivity index (χ1) is 13.0. The van der Waals surface area contributed by atoms with E-state index in [1.807, 2.05) is 62.8 Å². The van der Waals surface area contributed by atoms with Crippen LogP contribution in [0.5, 0.6) is 0 Å². The van der Waals surface area contributed by atoms with Gasteiger partial charge in [-0.05, 0) is 36.6 Å². The average Bonchev–Trinajstić information content (AvgIpc) is 3.02. The van der Waals surface area contributed by atoms with E-state index >= 15 is 0 Å². The molecular weight excluding hydrogens is 340 g/mol. The van der Waals surface area contributed by atoms with E-state index in [2.05, 4.69) is 26.0 Å². The van der Waals surface area contributed by atoms with E-state index in [0.29, 0.717) is 25.4 Å². The quantitative estimate of drug-likeness (QED) is 0.493. The third kappa shape index (κ3) is 7.13. The highest BCUT2D eigenvalue weighted by molar-refractivity contribution is 5.90. The van der Waals surface area contributed by atoms with Gasteiger partial charge in [0.1, 0.15) is 0 Å². The maximum absolute atomic E-state index is 11.9. The van der Waals surface area contributed by atoms with Crippen LogP contribution < -0.4 is 16.0 Å². The molecule has 0 aliphatic rings. The van der Waals surface area contributed by atoms with Gasteiger partial charge in [0.2, 0.25) is 5.91 Å². The Hall–Kier alpha value is -2.83. The molecule has 1 amide bonds. The summed E-state index contributed by atoms with van der Waals surface area (Å²) in [5, 5.41) is 13.7. The largest absolute Gasteiger partial charge is 0.357 e. The number of benzene rings is 1. The number of hydrogen-bond acceptors (Lipinski definition) is 3. The first-order valence-corrected chi connectivity index (χ1v) is 9.35. The Morgan fingerprint density at radius 2 is 2.07 bits per heavy atom. The van der Waals surface area contributed by atoms with Crippen molar-refractivity contribution < 1.29 is 4.79 Å². The number of aliphatic imine (C=N–C) groups is 1. The molecule has 1 aromatic carbocycles. The number of rotatable bonds is 8. The van der Waals surface area contributed by atoms with Gasteiger partial charge in [-0.1, -0.05) is 26.0 Å². The maximum atomic E-state index is 11.9. The van der Waals surface area contributed by atoms with Crippen molar-refractivity contribution in [1.82, 2.24) is 20.4 Å². The molecule has 27 heavy (non-hydrogen) atoms. The van der Waals surface area contributed by atoms with Gasteiger partial charge in [0, 0.05) is 31.9 Å². The first-order valence-electron chi connectivity index (χ1n) is 9.35. The highest BCUT2D eigenvalue weighted by atomic mass is 16.1. The Morgan fingerprint density at radius 3 is 2.74 bits per heavy atom. The topological polar surface area (TPSA) is 83.3 Å². The van der Waals surface area contributed by atoms with Crippen molar-refractivity contribution >= 4 is 17.6 Å². The molecule has 1 heterocycles. The van der Waals surface area contributed by atoms with Gasteiger partial charge in [0.25, 0.3) is 0 Å². The minimum atomic E-state index is 0.0387. The molecule has 146 valence electrons. The Labute approximate surface area is 161 Å². The van der Waals surface area contributed by atoms with E-state index in [0.717, 1.165) is 29.4 Å². The Balaban J connectivity index is 1.97. The van der Waals surface area contributed by atoms with Crippen molar-refractivity contribution in [2.75, 3.05) is 11.9 Å². The van der Waals surface area contributed by atoms with Crippen LogP contribution in [0.15, 0.2) is 41.5 Å². The second kappa shape index (κ2) is 10.4. The number of aromatic nitrogens is 2. The molecule has 0 aliphatic heterocycles. The van der Waals surface area contributed by atoms with Crippen molar-refractivity contribution in [2.24, 2.45) is 18.0 Å². The highest BCUT2D eigenvalue weighted by Crippen LogP contribution is 2.13. The fourth-order valence-corrected chi connectivity index (χ4v) is 2.59. The smallest absolute Gasteiger partial charge is 0.224 e. The lowest BCUT2D eigenvalue weighted by atomic mass is 10.1. The fraction of sp³-hybridized carbons (Fsp3) is 0.450. The molecule has 0 bridgehead atoms. The summed E-state index contributed by atoms with van der Waals surface area (Å²) in [6.45, 7) is 8.05. The Morgan fingerprint density at radius 1 is 1.26 bits per heavy atom. The van der Waals surface area contributed by atoms with E-state index in [4.69, 9.17) is 0 Å². The van der Waals surface area contributed by atoms with Crippen molar-refractivity contribution in [3.05, 3.63) is 47.8 Å². The van der Waals surface area contributed by atoms with Crippen LogP contribution in [0.1, 0.15) is 38.4 Å². The van der Waals surface area contributed by atoms with Crippen molar-refractivity contribution in [2.45, 2.75) is 40.3 Å². The molecule has 7 nitrogen and oxygen atoms in total. The zero-order valence-corrected chi connectivity index (χ0v) is 16.6. The number of anilines is 1. The number of nitrogens with one attached hydrogen (secondary N) is 3. The van der Waals surface area contributed by atoms with E-state index in [9.17, 15) is 4.79 Å². The van der Waals surface area contributed by atoms with Crippen molar-refractivity contribution in [1.29, 1.82) is 0 Å². The lowest BCUT2D eigenvalue weighted by molar-refractivity contribution is -0.116. The van der Waals surface area contributed by atoms with Gasteiger partial charge in [-0.2, -0.15) is 5.10 Å². The van der Waals surface area contributed by atoms with E-state index < -0.39 is 0 Å². The molecule has 3 N–H and O–H groups in total. The van der Waals surface area contributed by atoms with E-state index in [1.165, 1.54) is 0 Å². The van der Waals surface area contributed by atoms with E-state index in [-0.39, 0.29) is 5.91 Å². The molecule has 0 spiro atoms. The highest BCUT2D eigenvalue weighted by Gasteiger charge is 2.06. The zero-order chi connectivity index (χ0) is 19.6. The van der Waals surface area contributed by atoms with Crippen molar-refractivity contribution in [3.63, 3.8) is 0 Å². The molecule has 0 saturated heterocycles. The third-order valence-corrected chi connectivity index (χ3v) is 3.93. The average molecular weight is 371 g/mol. The number of carbonyl (C=O) groups excluding carboxylic acids is 1. The minimum absolute atomic E-state index is 0.0387.